The molecule has 1 unspecified atom stereocenters. The molecular formula is C26H31FN6O. The number of halogens is 1. The number of hydrogen-bond acceptors (Lipinski definition) is 7. The van der Waals surface area contributed by atoms with Crippen molar-refractivity contribution in [3.05, 3.63) is 88.9 Å². The smallest absolute Gasteiger partial charge is 0.160 e. The molecule has 8 heteroatoms. The quantitative estimate of drug-likeness (QED) is 0.292. The third-order valence-corrected chi connectivity index (χ3v) is 5.95. The second-order valence-corrected chi connectivity index (χ2v) is 8.25. The minimum atomic E-state index is -0.481. The maximum absolute atomic E-state index is 14.4. The van der Waals surface area contributed by atoms with E-state index in [9.17, 15) is 9.50 Å². The summed E-state index contributed by atoms with van der Waals surface area (Å²) in [7, 11) is 0. The average Bonchev–Trinajstić information content (AvgIpc) is 2.86. The lowest BCUT2D eigenvalue weighted by Crippen LogP contribution is -2.16. The van der Waals surface area contributed by atoms with Gasteiger partial charge >= 0.3 is 0 Å². The summed E-state index contributed by atoms with van der Waals surface area (Å²) in [5.74, 6) is -0.151. The molecule has 0 saturated heterocycles. The molecule has 1 aromatic carbocycles. The number of rotatable bonds is 8. The van der Waals surface area contributed by atoms with Crippen molar-refractivity contribution in [1.29, 1.82) is 0 Å². The van der Waals surface area contributed by atoms with Gasteiger partial charge in [-0.2, -0.15) is 0 Å². The Morgan fingerprint density at radius 2 is 1.88 bits per heavy atom. The molecule has 34 heavy (non-hydrogen) atoms. The molecular weight excluding hydrogens is 431 g/mol. The van der Waals surface area contributed by atoms with Gasteiger partial charge in [-0.15, -0.1) is 0 Å². The second-order valence-electron chi connectivity index (χ2n) is 8.25. The minimum Gasteiger partial charge on any atom is -0.401 e. The highest BCUT2D eigenvalue weighted by atomic mass is 19.1. The zero-order valence-electron chi connectivity index (χ0n) is 19.7. The Kier molecular flexibility index (Phi) is 7.96. The molecule has 2 heterocycles. The summed E-state index contributed by atoms with van der Waals surface area (Å²) in [5.41, 5.74) is 23.0. The number of aromatic nitrogens is 3. The third-order valence-electron chi connectivity index (χ3n) is 5.95. The number of aliphatic hydroxyl groups excluding tert-OH is 1. The topological polar surface area (TPSA) is 137 Å². The Morgan fingerprint density at radius 3 is 2.50 bits per heavy atom. The molecule has 3 aromatic rings. The lowest BCUT2D eigenvalue weighted by molar-refractivity contribution is 0.277. The Bertz CT molecular complexity index is 1190. The molecule has 0 bridgehead atoms. The third kappa shape index (κ3) is 5.40. The molecule has 7 N–H and O–H groups in total. The van der Waals surface area contributed by atoms with Gasteiger partial charge in [-0.05, 0) is 54.3 Å². The molecule has 0 aliphatic rings. The number of pyridine rings is 1. The number of nitrogens with zero attached hydrogens (tertiary/aromatic N) is 3. The van der Waals surface area contributed by atoms with Gasteiger partial charge in [0.25, 0.3) is 0 Å². The van der Waals surface area contributed by atoms with Crippen LogP contribution < -0.4 is 17.2 Å². The Morgan fingerprint density at radius 1 is 1.12 bits per heavy atom. The van der Waals surface area contributed by atoms with Gasteiger partial charge < -0.3 is 22.3 Å². The highest BCUT2D eigenvalue weighted by molar-refractivity contribution is 5.75. The minimum absolute atomic E-state index is 0.0746. The van der Waals surface area contributed by atoms with Crippen LogP contribution in [0.25, 0.3) is 17.1 Å². The molecule has 0 radical (unpaired) electrons. The normalized spacial score (nSPS) is 14.4. The highest BCUT2D eigenvalue weighted by Crippen LogP contribution is 2.31. The van der Waals surface area contributed by atoms with Crippen molar-refractivity contribution in [3.63, 3.8) is 0 Å². The van der Waals surface area contributed by atoms with Gasteiger partial charge in [0.15, 0.2) is 5.82 Å². The SMILES string of the molecule is CC[C@@H](C)C(/C=C(\N)c1c(N)cccc1F)=C(/N)C(C)c1ccnc(-c2ccc(CO)nc2)n1. The first-order valence-corrected chi connectivity index (χ1v) is 11.2. The molecule has 0 fully saturated rings. The van der Waals surface area contributed by atoms with Crippen molar-refractivity contribution in [3.8, 4) is 11.4 Å². The summed E-state index contributed by atoms with van der Waals surface area (Å²) in [6.07, 6.45) is 5.83. The summed E-state index contributed by atoms with van der Waals surface area (Å²) in [4.78, 5) is 13.2. The first-order valence-electron chi connectivity index (χ1n) is 11.2. The molecule has 7 nitrogen and oxygen atoms in total. The van der Waals surface area contributed by atoms with E-state index in [2.05, 4.69) is 16.9 Å². The number of nitrogens with two attached hydrogens (primary N) is 3. The van der Waals surface area contributed by atoms with Crippen LogP contribution >= 0.6 is 0 Å². The van der Waals surface area contributed by atoms with Gasteiger partial charge in [0.05, 0.1) is 23.6 Å². The van der Waals surface area contributed by atoms with Crippen LogP contribution in [0.5, 0.6) is 0 Å². The van der Waals surface area contributed by atoms with Crippen molar-refractivity contribution in [2.75, 3.05) is 5.73 Å². The van der Waals surface area contributed by atoms with E-state index in [0.717, 1.165) is 23.3 Å². The monoisotopic (exact) mass is 462 g/mol. The van der Waals surface area contributed by atoms with E-state index in [1.54, 1.807) is 36.7 Å². The van der Waals surface area contributed by atoms with Crippen LogP contribution in [-0.4, -0.2) is 20.1 Å². The first-order chi connectivity index (χ1) is 16.3. The van der Waals surface area contributed by atoms with Crippen LogP contribution in [0, 0.1) is 11.7 Å². The fraction of sp³-hybridized carbons (Fsp3) is 0.269. The zero-order chi connectivity index (χ0) is 24.8. The Labute approximate surface area is 199 Å². The van der Waals surface area contributed by atoms with Crippen molar-refractivity contribution in [1.82, 2.24) is 15.0 Å². The van der Waals surface area contributed by atoms with Crippen LogP contribution in [-0.2, 0) is 6.61 Å². The lowest BCUT2D eigenvalue weighted by Gasteiger charge is -2.21. The Balaban J connectivity index is 2.02. The lowest BCUT2D eigenvalue weighted by atomic mass is 9.89. The molecule has 178 valence electrons. The van der Waals surface area contributed by atoms with Crippen molar-refractivity contribution >= 4 is 11.4 Å². The predicted molar refractivity (Wildman–Crippen MR) is 133 cm³/mol. The fourth-order valence-corrected chi connectivity index (χ4v) is 3.63. The molecule has 0 amide bonds. The van der Waals surface area contributed by atoms with E-state index in [1.165, 1.54) is 6.07 Å². The summed E-state index contributed by atoms with van der Waals surface area (Å²) < 4.78 is 14.4. The maximum Gasteiger partial charge on any atom is 0.160 e. The first kappa shape index (κ1) is 24.9. The van der Waals surface area contributed by atoms with E-state index >= 15 is 0 Å². The van der Waals surface area contributed by atoms with Crippen molar-refractivity contribution in [2.24, 2.45) is 17.4 Å². The van der Waals surface area contributed by atoms with Gasteiger partial charge in [-0.3, -0.25) is 4.98 Å². The van der Waals surface area contributed by atoms with Crippen molar-refractivity contribution in [2.45, 2.75) is 39.7 Å². The van der Waals surface area contributed by atoms with Gasteiger partial charge in [0.2, 0.25) is 0 Å². The van der Waals surface area contributed by atoms with Crippen LogP contribution in [0.2, 0.25) is 0 Å². The van der Waals surface area contributed by atoms with E-state index in [1.807, 2.05) is 26.0 Å². The number of nitrogen functional groups attached to an aromatic ring is 1. The molecule has 0 spiro atoms. The summed E-state index contributed by atoms with van der Waals surface area (Å²) in [5, 5.41) is 9.21. The largest absolute Gasteiger partial charge is 0.401 e. The maximum atomic E-state index is 14.4. The van der Waals surface area contributed by atoms with Crippen LogP contribution in [0.15, 0.2) is 66.1 Å². The van der Waals surface area contributed by atoms with Gasteiger partial charge in [0.1, 0.15) is 5.82 Å². The van der Waals surface area contributed by atoms with E-state index in [0.29, 0.717) is 17.2 Å². The van der Waals surface area contributed by atoms with Crippen LogP contribution in [0.1, 0.15) is 50.1 Å². The molecule has 0 aliphatic heterocycles. The number of allylic oxidation sites excluding steroid dienone is 3. The molecule has 2 aromatic heterocycles. The fourth-order valence-electron chi connectivity index (χ4n) is 3.63. The Hall–Kier alpha value is -3.78. The number of aliphatic hydroxyl groups is 1. The summed E-state index contributed by atoms with van der Waals surface area (Å²) in [6, 6.07) is 9.84. The number of hydrogen-bond donors (Lipinski definition) is 4. The molecule has 3 rings (SSSR count). The molecule has 0 aliphatic carbocycles. The summed E-state index contributed by atoms with van der Waals surface area (Å²) in [6.45, 7) is 5.92. The zero-order valence-corrected chi connectivity index (χ0v) is 19.7. The van der Waals surface area contributed by atoms with E-state index in [4.69, 9.17) is 22.2 Å². The predicted octanol–water partition coefficient (Wildman–Crippen LogP) is 4.11. The van der Waals surface area contributed by atoms with E-state index < -0.39 is 5.82 Å². The number of benzene rings is 1. The van der Waals surface area contributed by atoms with Gasteiger partial charge in [0, 0.05) is 41.0 Å². The highest BCUT2D eigenvalue weighted by Gasteiger charge is 2.19. The standard InChI is InChI=1S/C26H31FN6O/c1-4-15(2)19(12-22(29)24-20(27)6-5-7-21(24)28)25(30)16(3)23-10-11-31-26(33-23)17-8-9-18(14-34)32-13-17/h5-13,15-16,34H,4,14,28-30H2,1-3H3/b22-12-,25-19+/t15-,16?/m1/s1. The molecule has 2 atom stereocenters. The van der Waals surface area contributed by atoms with Gasteiger partial charge in [-0.1, -0.05) is 26.8 Å². The van der Waals surface area contributed by atoms with Crippen molar-refractivity contribution < 1.29 is 9.50 Å². The molecule has 0 saturated carbocycles. The van der Waals surface area contributed by atoms with E-state index in [-0.39, 0.29) is 35.4 Å². The average molecular weight is 463 g/mol. The van der Waals surface area contributed by atoms with Crippen LogP contribution in [0.3, 0.4) is 0 Å². The van der Waals surface area contributed by atoms with Crippen LogP contribution in [0.4, 0.5) is 10.1 Å². The van der Waals surface area contributed by atoms with Gasteiger partial charge in [-0.25, -0.2) is 14.4 Å². The number of anilines is 1. The summed E-state index contributed by atoms with van der Waals surface area (Å²) >= 11 is 0. The second kappa shape index (κ2) is 10.9.